The van der Waals surface area contributed by atoms with Gasteiger partial charge in [-0.15, -0.1) is 0 Å². The maximum Gasteiger partial charge on any atom is 0.423 e. The van der Waals surface area contributed by atoms with E-state index in [1.54, 1.807) is 0 Å². The van der Waals surface area contributed by atoms with Gasteiger partial charge in [0.25, 0.3) is 5.69 Å². The van der Waals surface area contributed by atoms with Gasteiger partial charge in [0.2, 0.25) is 0 Å². The highest BCUT2D eigenvalue weighted by Crippen LogP contribution is 2.38. The van der Waals surface area contributed by atoms with Crippen molar-refractivity contribution >= 4 is 11.5 Å². The number of alkyl halides is 3. The minimum absolute atomic E-state index is 0.236. The average molecular weight is 251 g/mol. The molecule has 0 atom stereocenters. The Morgan fingerprint density at radius 2 is 1.88 bits per heavy atom. The third-order valence-corrected chi connectivity index (χ3v) is 1.97. The number of carbonyl (C=O) groups is 1. The van der Waals surface area contributed by atoms with E-state index in [1.165, 1.54) is 0 Å². The van der Waals surface area contributed by atoms with Crippen LogP contribution in [-0.4, -0.2) is 10.7 Å². The van der Waals surface area contributed by atoms with Gasteiger partial charge in [0.1, 0.15) is 16.9 Å². The van der Waals surface area contributed by atoms with Crippen molar-refractivity contribution in [2.24, 2.45) is 0 Å². The summed E-state index contributed by atoms with van der Waals surface area (Å²) < 4.78 is 50.5. The Morgan fingerprint density at radius 3 is 2.24 bits per heavy atom. The predicted molar refractivity (Wildman–Crippen MR) is 48.1 cm³/mol. The Labute approximate surface area is 92.0 Å². The first kappa shape index (κ1) is 13.1. The van der Waals surface area contributed by atoms with Gasteiger partial charge in [0.15, 0.2) is 5.78 Å². The molecule has 0 aliphatic heterocycles. The van der Waals surface area contributed by atoms with Crippen LogP contribution in [0.1, 0.15) is 22.8 Å². The van der Waals surface area contributed by atoms with Crippen molar-refractivity contribution in [3.63, 3.8) is 0 Å². The molecule has 0 N–H and O–H groups in total. The summed E-state index contributed by atoms with van der Waals surface area (Å²) in [5, 5.41) is 10.5. The van der Waals surface area contributed by atoms with E-state index in [4.69, 9.17) is 0 Å². The Morgan fingerprint density at radius 1 is 1.35 bits per heavy atom. The van der Waals surface area contributed by atoms with Crippen molar-refractivity contribution in [1.29, 1.82) is 0 Å². The fourth-order valence-electron chi connectivity index (χ4n) is 1.32. The Hall–Kier alpha value is -1.99. The summed E-state index contributed by atoms with van der Waals surface area (Å²) in [4.78, 5) is 20.1. The van der Waals surface area contributed by atoms with Gasteiger partial charge >= 0.3 is 6.18 Å². The van der Waals surface area contributed by atoms with Gasteiger partial charge in [-0.05, 0) is 19.1 Å². The lowest BCUT2D eigenvalue weighted by Crippen LogP contribution is -2.13. The second-order valence-corrected chi connectivity index (χ2v) is 3.13. The molecule has 0 saturated heterocycles. The van der Waals surface area contributed by atoms with Crippen molar-refractivity contribution < 1.29 is 27.3 Å². The van der Waals surface area contributed by atoms with Crippen molar-refractivity contribution in [3.8, 4) is 0 Å². The van der Waals surface area contributed by atoms with Crippen LogP contribution in [0.15, 0.2) is 12.1 Å². The van der Waals surface area contributed by atoms with Crippen LogP contribution < -0.4 is 0 Å². The van der Waals surface area contributed by atoms with Gasteiger partial charge in [0, 0.05) is 0 Å². The minimum atomic E-state index is -5.03. The fourth-order valence-corrected chi connectivity index (χ4v) is 1.32. The zero-order valence-electron chi connectivity index (χ0n) is 8.34. The summed E-state index contributed by atoms with van der Waals surface area (Å²) in [5.41, 5.74) is -4.36. The first-order valence-corrected chi connectivity index (χ1v) is 4.21. The molecule has 0 saturated carbocycles. The molecule has 0 radical (unpaired) electrons. The van der Waals surface area contributed by atoms with E-state index in [0.717, 1.165) is 6.92 Å². The molecule has 1 rings (SSSR count). The number of nitro groups is 1. The highest BCUT2D eigenvalue weighted by Gasteiger charge is 2.41. The number of nitrogens with zero attached hydrogens (tertiary/aromatic N) is 1. The first-order valence-electron chi connectivity index (χ1n) is 4.21. The lowest BCUT2D eigenvalue weighted by Gasteiger charge is -2.09. The highest BCUT2D eigenvalue weighted by atomic mass is 19.4. The number of nitro benzene ring substituents is 1. The van der Waals surface area contributed by atoms with Crippen molar-refractivity contribution in [2.45, 2.75) is 13.1 Å². The number of Topliss-reactive ketones (excluding diaryl/α,β-unsaturated/α-hetero) is 1. The van der Waals surface area contributed by atoms with Crippen LogP contribution in [0.3, 0.4) is 0 Å². The van der Waals surface area contributed by atoms with E-state index in [-0.39, 0.29) is 6.07 Å². The normalized spacial score (nSPS) is 11.4. The molecule has 0 aliphatic rings. The summed E-state index contributed by atoms with van der Waals surface area (Å²) in [6, 6.07) is 0.618. The highest BCUT2D eigenvalue weighted by molar-refractivity contribution is 5.98. The van der Waals surface area contributed by atoms with Gasteiger partial charge in [-0.3, -0.25) is 14.9 Å². The molecule has 4 nitrogen and oxygen atoms in total. The van der Waals surface area contributed by atoms with Gasteiger partial charge in [-0.25, -0.2) is 4.39 Å². The maximum absolute atomic E-state index is 13.1. The molecular weight excluding hydrogens is 246 g/mol. The van der Waals surface area contributed by atoms with E-state index in [1.807, 2.05) is 0 Å². The van der Waals surface area contributed by atoms with Gasteiger partial charge in [-0.1, -0.05) is 0 Å². The zero-order chi connectivity index (χ0) is 13.4. The van der Waals surface area contributed by atoms with Crippen molar-refractivity contribution in [3.05, 3.63) is 39.2 Å². The van der Waals surface area contributed by atoms with Crippen LogP contribution in [0.25, 0.3) is 0 Å². The van der Waals surface area contributed by atoms with Crippen LogP contribution in [0.2, 0.25) is 0 Å². The van der Waals surface area contributed by atoms with E-state index in [9.17, 15) is 32.5 Å². The summed E-state index contributed by atoms with van der Waals surface area (Å²) in [5.74, 6) is -2.49. The molecule has 1 aromatic carbocycles. The predicted octanol–water partition coefficient (Wildman–Crippen LogP) is 2.96. The number of ketones is 1. The molecule has 0 amide bonds. The van der Waals surface area contributed by atoms with Crippen LogP contribution >= 0.6 is 0 Å². The zero-order valence-corrected chi connectivity index (χ0v) is 8.34. The standard InChI is InChI=1S/C9H5F4NO3/c1-4(15)7-6(10)3-2-5(9(11,12)13)8(7)14(16)17/h2-3H,1H3. The number of benzene rings is 1. The molecule has 0 spiro atoms. The Balaban J connectivity index is 3.72. The summed E-state index contributed by atoms with van der Waals surface area (Å²) in [6.07, 6.45) is -5.03. The molecule has 0 fully saturated rings. The molecule has 8 heteroatoms. The Kier molecular flexibility index (Phi) is 3.16. The van der Waals surface area contributed by atoms with E-state index in [0.29, 0.717) is 6.07 Å². The monoisotopic (exact) mass is 251 g/mol. The molecule has 0 aliphatic carbocycles. The molecule has 17 heavy (non-hydrogen) atoms. The largest absolute Gasteiger partial charge is 0.423 e. The topological polar surface area (TPSA) is 60.2 Å². The number of hydrogen-bond acceptors (Lipinski definition) is 3. The van der Waals surface area contributed by atoms with E-state index >= 15 is 0 Å². The summed E-state index contributed by atoms with van der Waals surface area (Å²) in [6.45, 7) is 0.756. The third-order valence-electron chi connectivity index (χ3n) is 1.97. The number of carbonyl (C=O) groups excluding carboxylic acids is 1. The van der Waals surface area contributed by atoms with Gasteiger partial charge in [-0.2, -0.15) is 13.2 Å². The summed E-state index contributed by atoms with van der Waals surface area (Å²) >= 11 is 0. The quantitative estimate of drug-likeness (QED) is 0.351. The van der Waals surface area contributed by atoms with E-state index in [2.05, 4.69) is 0 Å². The third kappa shape index (κ3) is 2.40. The lowest BCUT2D eigenvalue weighted by molar-refractivity contribution is -0.388. The number of hydrogen-bond donors (Lipinski definition) is 0. The van der Waals surface area contributed by atoms with Gasteiger partial charge in [0.05, 0.1) is 4.92 Å². The summed E-state index contributed by atoms with van der Waals surface area (Å²) in [7, 11) is 0. The fraction of sp³-hybridized carbons (Fsp3) is 0.222. The van der Waals surface area contributed by atoms with Crippen molar-refractivity contribution in [1.82, 2.24) is 0 Å². The lowest BCUT2D eigenvalue weighted by atomic mass is 10.0. The molecule has 0 bridgehead atoms. The second kappa shape index (κ2) is 4.11. The SMILES string of the molecule is CC(=O)c1c(F)ccc(C(F)(F)F)c1[N+](=O)[O-]. The van der Waals surface area contributed by atoms with Crippen LogP contribution in [0.5, 0.6) is 0 Å². The van der Waals surface area contributed by atoms with Crippen LogP contribution in [0, 0.1) is 15.9 Å². The molecule has 92 valence electrons. The van der Waals surface area contributed by atoms with E-state index < -0.39 is 39.5 Å². The molecular formula is C9H5F4NO3. The maximum atomic E-state index is 13.1. The van der Waals surface area contributed by atoms with Crippen LogP contribution in [0.4, 0.5) is 23.2 Å². The first-order chi connectivity index (χ1) is 7.66. The smallest absolute Gasteiger partial charge is 0.294 e. The molecule has 0 heterocycles. The number of halogens is 4. The molecule has 1 aromatic rings. The number of rotatable bonds is 2. The average Bonchev–Trinajstić information content (AvgIpc) is 2.14. The van der Waals surface area contributed by atoms with Crippen LogP contribution in [-0.2, 0) is 6.18 Å². The minimum Gasteiger partial charge on any atom is -0.294 e. The molecule has 0 aromatic heterocycles. The second-order valence-electron chi connectivity index (χ2n) is 3.13. The molecule has 0 unspecified atom stereocenters. The van der Waals surface area contributed by atoms with Crippen molar-refractivity contribution in [2.75, 3.05) is 0 Å². The van der Waals surface area contributed by atoms with Gasteiger partial charge < -0.3 is 0 Å². The Bertz CT molecular complexity index is 496.